The maximum Gasteiger partial charge on any atom is 0.0641 e. The minimum Gasteiger partial charge on any atom is -0.380 e. The molecule has 0 aliphatic rings. The Labute approximate surface area is 121 Å². The zero-order valence-corrected chi connectivity index (χ0v) is 12.9. The summed E-state index contributed by atoms with van der Waals surface area (Å²) >= 11 is 6.32. The molecule has 0 amide bonds. The van der Waals surface area contributed by atoms with Gasteiger partial charge in [-0.2, -0.15) is 0 Å². The summed E-state index contributed by atoms with van der Waals surface area (Å²) in [6.45, 7) is 6.42. The third-order valence-corrected chi connectivity index (χ3v) is 3.63. The summed E-state index contributed by atoms with van der Waals surface area (Å²) in [4.78, 5) is 2.18. The van der Waals surface area contributed by atoms with Crippen LogP contribution >= 0.6 is 11.6 Å². The fourth-order valence-corrected chi connectivity index (χ4v) is 2.23. The Kier molecular flexibility index (Phi) is 7.21. The van der Waals surface area contributed by atoms with Gasteiger partial charge in [-0.05, 0) is 37.5 Å². The first-order chi connectivity index (χ1) is 9.10. The van der Waals surface area contributed by atoms with E-state index >= 15 is 0 Å². The van der Waals surface area contributed by atoms with E-state index < -0.39 is 0 Å². The standard InChI is InChI=1S/C15H25ClN2O/c1-4-12(17)11-13-14(16)7-6-8-15(13)18(3)9-10-19-5-2/h6-8,12H,4-5,9-11,17H2,1-3H3. The summed E-state index contributed by atoms with van der Waals surface area (Å²) in [5, 5.41) is 0.796. The van der Waals surface area contributed by atoms with E-state index in [1.54, 1.807) is 0 Å². The molecule has 19 heavy (non-hydrogen) atoms. The van der Waals surface area contributed by atoms with E-state index in [1.807, 2.05) is 19.1 Å². The highest BCUT2D eigenvalue weighted by atomic mass is 35.5. The molecule has 0 spiro atoms. The van der Waals surface area contributed by atoms with Gasteiger partial charge in [0.05, 0.1) is 6.61 Å². The van der Waals surface area contributed by atoms with E-state index in [9.17, 15) is 0 Å². The lowest BCUT2D eigenvalue weighted by Gasteiger charge is -2.24. The lowest BCUT2D eigenvalue weighted by molar-refractivity contribution is 0.154. The van der Waals surface area contributed by atoms with Gasteiger partial charge in [0, 0.05) is 37.0 Å². The van der Waals surface area contributed by atoms with Gasteiger partial charge >= 0.3 is 0 Å². The van der Waals surface area contributed by atoms with Crippen LogP contribution in [0.4, 0.5) is 5.69 Å². The molecule has 0 heterocycles. The Hall–Kier alpha value is -0.770. The Morgan fingerprint density at radius 3 is 2.74 bits per heavy atom. The van der Waals surface area contributed by atoms with Crippen LogP contribution in [0.2, 0.25) is 5.02 Å². The van der Waals surface area contributed by atoms with Gasteiger partial charge in [-0.25, -0.2) is 0 Å². The van der Waals surface area contributed by atoms with Crippen LogP contribution in [0.25, 0.3) is 0 Å². The highest BCUT2D eigenvalue weighted by Gasteiger charge is 2.13. The molecule has 0 aromatic heterocycles. The van der Waals surface area contributed by atoms with Crippen molar-refractivity contribution in [1.29, 1.82) is 0 Å². The maximum absolute atomic E-state index is 6.32. The number of nitrogens with two attached hydrogens (primary N) is 1. The highest BCUT2D eigenvalue weighted by Crippen LogP contribution is 2.28. The van der Waals surface area contributed by atoms with Gasteiger partial charge in [-0.1, -0.05) is 24.6 Å². The van der Waals surface area contributed by atoms with Crippen LogP contribution in [0.1, 0.15) is 25.8 Å². The van der Waals surface area contributed by atoms with Crippen molar-refractivity contribution >= 4 is 17.3 Å². The second-order valence-electron chi connectivity index (χ2n) is 4.73. The zero-order chi connectivity index (χ0) is 14.3. The summed E-state index contributed by atoms with van der Waals surface area (Å²) in [5.41, 5.74) is 8.35. The van der Waals surface area contributed by atoms with E-state index in [0.29, 0.717) is 0 Å². The van der Waals surface area contributed by atoms with Gasteiger partial charge in [0.15, 0.2) is 0 Å². The van der Waals surface area contributed by atoms with Gasteiger partial charge in [-0.15, -0.1) is 0 Å². The van der Waals surface area contributed by atoms with Crippen LogP contribution in [0.3, 0.4) is 0 Å². The third-order valence-electron chi connectivity index (χ3n) is 3.27. The first-order valence-electron chi connectivity index (χ1n) is 6.91. The molecule has 3 nitrogen and oxygen atoms in total. The number of benzene rings is 1. The van der Waals surface area contributed by atoms with Crippen molar-refractivity contribution < 1.29 is 4.74 Å². The minimum absolute atomic E-state index is 0.152. The number of nitrogens with zero attached hydrogens (tertiary/aromatic N) is 1. The smallest absolute Gasteiger partial charge is 0.0641 e. The number of rotatable bonds is 8. The summed E-state index contributed by atoms with van der Waals surface area (Å²) in [5.74, 6) is 0. The molecular weight excluding hydrogens is 260 g/mol. The number of anilines is 1. The Bertz CT molecular complexity index is 384. The molecule has 4 heteroatoms. The van der Waals surface area contributed by atoms with Crippen molar-refractivity contribution in [3.63, 3.8) is 0 Å². The van der Waals surface area contributed by atoms with Crippen LogP contribution in [0, 0.1) is 0 Å². The van der Waals surface area contributed by atoms with Gasteiger partial charge in [0.25, 0.3) is 0 Å². The second-order valence-corrected chi connectivity index (χ2v) is 5.14. The molecule has 2 N–H and O–H groups in total. The quantitative estimate of drug-likeness (QED) is 0.746. The average molecular weight is 285 g/mol. The predicted molar refractivity (Wildman–Crippen MR) is 83.2 cm³/mol. The van der Waals surface area contributed by atoms with Crippen molar-refractivity contribution in [3.05, 3.63) is 28.8 Å². The molecule has 1 unspecified atom stereocenters. The molecule has 0 saturated heterocycles. The monoisotopic (exact) mass is 284 g/mol. The predicted octanol–water partition coefficient (Wildman–Crippen LogP) is 3.09. The van der Waals surface area contributed by atoms with Crippen LogP contribution < -0.4 is 10.6 Å². The number of hydrogen-bond acceptors (Lipinski definition) is 3. The van der Waals surface area contributed by atoms with Gasteiger partial charge in [-0.3, -0.25) is 0 Å². The molecule has 0 radical (unpaired) electrons. The van der Waals surface area contributed by atoms with E-state index in [0.717, 1.165) is 48.9 Å². The third kappa shape index (κ3) is 5.01. The Morgan fingerprint density at radius 1 is 1.37 bits per heavy atom. The molecule has 1 rings (SSSR count). The summed E-state index contributed by atoms with van der Waals surface area (Å²) < 4.78 is 5.40. The normalized spacial score (nSPS) is 12.5. The van der Waals surface area contributed by atoms with Crippen LogP contribution in [0.5, 0.6) is 0 Å². The van der Waals surface area contributed by atoms with Gasteiger partial charge in [0.2, 0.25) is 0 Å². The first-order valence-corrected chi connectivity index (χ1v) is 7.29. The van der Waals surface area contributed by atoms with Crippen LogP contribution in [-0.2, 0) is 11.2 Å². The first kappa shape index (κ1) is 16.3. The number of halogens is 1. The topological polar surface area (TPSA) is 38.5 Å². The van der Waals surface area contributed by atoms with Crippen molar-refractivity contribution in [3.8, 4) is 0 Å². The molecule has 1 atom stereocenters. The average Bonchev–Trinajstić information content (AvgIpc) is 2.41. The summed E-state index contributed by atoms with van der Waals surface area (Å²) in [6.07, 6.45) is 1.76. The van der Waals surface area contributed by atoms with Gasteiger partial charge in [0.1, 0.15) is 0 Å². The molecule has 108 valence electrons. The molecule has 1 aromatic carbocycles. The highest BCUT2D eigenvalue weighted by molar-refractivity contribution is 6.31. The van der Waals surface area contributed by atoms with Crippen LogP contribution in [0.15, 0.2) is 18.2 Å². The zero-order valence-electron chi connectivity index (χ0n) is 12.2. The van der Waals surface area contributed by atoms with Crippen LogP contribution in [-0.4, -0.2) is 32.8 Å². The molecule has 0 bridgehead atoms. The maximum atomic E-state index is 6.32. The molecule has 0 saturated carbocycles. The lowest BCUT2D eigenvalue weighted by Crippen LogP contribution is -2.26. The fraction of sp³-hybridized carbons (Fsp3) is 0.600. The number of ether oxygens (including phenoxy) is 1. The largest absolute Gasteiger partial charge is 0.380 e. The summed E-state index contributed by atoms with van der Waals surface area (Å²) in [7, 11) is 2.06. The Balaban J connectivity index is 2.83. The lowest BCUT2D eigenvalue weighted by atomic mass is 10.0. The molecule has 0 aliphatic carbocycles. The summed E-state index contributed by atoms with van der Waals surface area (Å²) in [6, 6.07) is 6.16. The number of likely N-dealkylation sites (N-methyl/N-ethyl adjacent to an activating group) is 1. The van der Waals surface area contributed by atoms with Crippen molar-refractivity contribution in [2.75, 3.05) is 31.7 Å². The minimum atomic E-state index is 0.152. The van der Waals surface area contributed by atoms with E-state index in [2.05, 4.69) is 24.9 Å². The van der Waals surface area contributed by atoms with E-state index in [-0.39, 0.29) is 6.04 Å². The molecule has 1 aromatic rings. The van der Waals surface area contributed by atoms with Crippen molar-refractivity contribution in [2.24, 2.45) is 5.73 Å². The number of hydrogen-bond donors (Lipinski definition) is 1. The molecular formula is C15H25ClN2O. The molecule has 0 aliphatic heterocycles. The van der Waals surface area contributed by atoms with Crippen molar-refractivity contribution in [1.82, 2.24) is 0 Å². The second kappa shape index (κ2) is 8.41. The van der Waals surface area contributed by atoms with E-state index in [4.69, 9.17) is 22.1 Å². The fourth-order valence-electron chi connectivity index (χ4n) is 1.98. The SMILES string of the molecule is CCOCCN(C)c1cccc(Cl)c1CC(N)CC. The molecule has 0 fully saturated rings. The Morgan fingerprint density at radius 2 is 2.11 bits per heavy atom. The van der Waals surface area contributed by atoms with Crippen molar-refractivity contribution in [2.45, 2.75) is 32.7 Å². The van der Waals surface area contributed by atoms with E-state index in [1.165, 1.54) is 0 Å². The van der Waals surface area contributed by atoms with Gasteiger partial charge < -0.3 is 15.4 Å².